The molecule has 0 spiro atoms. The molecule has 6 nitrogen and oxygen atoms in total. The highest BCUT2D eigenvalue weighted by atomic mass is 32.2. The first-order valence-electron chi connectivity index (χ1n) is 9.95. The Morgan fingerprint density at radius 2 is 1.77 bits per heavy atom. The predicted octanol–water partition coefficient (Wildman–Crippen LogP) is 3.32. The third kappa shape index (κ3) is 4.97. The molecule has 0 N–H and O–H groups in total. The van der Waals surface area contributed by atoms with Gasteiger partial charge in [0.25, 0.3) is 0 Å². The van der Waals surface area contributed by atoms with Crippen molar-refractivity contribution in [1.82, 2.24) is 9.88 Å². The number of para-hydroxylation sites is 1. The molecule has 2 heterocycles. The summed E-state index contributed by atoms with van der Waals surface area (Å²) in [6, 6.07) is 18.1. The molecule has 4 rings (SSSR count). The zero-order valence-corrected chi connectivity index (χ0v) is 17.6. The maximum atomic E-state index is 12.0. The summed E-state index contributed by atoms with van der Waals surface area (Å²) in [5.41, 5.74) is 3.10. The SMILES string of the molecule is CS(=O)(=O)CC(=O)N1CCC(Oc2ccc(-c3cnc4ccccc4c3)cc2)CC1. The van der Waals surface area contributed by atoms with E-state index >= 15 is 0 Å². The van der Waals surface area contributed by atoms with Gasteiger partial charge >= 0.3 is 0 Å². The molecule has 30 heavy (non-hydrogen) atoms. The quantitative estimate of drug-likeness (QED) is 0.628. The number of likely N-dealkylation sites (tertiary alicyclic amines) is 1. The molecule has 0 saturated carbocycles. The number of ether oxygens (including phenoxy) is 1. The van der Waals surface area contributed by atoms with Crippen LogP contribution < -0.4 is 4.74 Å². The Kier molecular flexibility index (Phi) is 5.72. The lowest BCUT2D eigenvalue weighted by molar-refractivity contribution is -0.130. The Morgan fingerprint density at radius 1 is 1.07 bits per heavy atom. The molecular weight excluding hydrogens is 400 g/mol. The molecule has 0 radical (unpaired) electrons. The van der Waals surface area contributed by atoms with E-state index in [9.17, 15) is 13.2 Å². The molecule has 0 bridgehead atoms. The van der Waals surface area contributed by atoms with E-state index < -0.39 is 15.6 Å². The first-order chi connectivity index (χ1) is 14.4. The number of piperidine rings is 1. The van der Waals surface area contributed by atoms with Crippen LogP contribution in [0.15, 0.2) is 60.8 Å². The normalized spacial score (nSPS) is 15.3. The lowest BCUT2D eigenvalue weighted by atomic mass is 10.0. The van der Waals surface area contributed by atoms with Crippen LogP contribution >= 0.6 is 0 Å². The van der Waals surface area contributed by atoms with Crippen LogP contribution in [0, 0.1) is 0 Å². The van der Waals surface area contributed by atoms with Crippen molar-refractivity contribution in [3.63, 3.8) is 0 Å². The van der Waals surface area contributed by atoms with Crippen LogP contribution in [0.5, 0.6) is 5.75 Å². The first kappa shape index (κ1) is 20.3. The summed E-state index contributed by atoms with van der Waals surface area (Å²) < 4.78 is 28.7. The molecule has 0 unspecified atom stereocenters. The van der Waals surface area contributed by atoms with Crippen LogP contribution in [0.2, 0.25) is 0 Å². The number of fused-ring (bicyclic) bond motifs is 1. The van der Waals surface area contributed by atoms with Crippen molar-refractivity contribution in [3.8, 4) is 16.9 Å². The second-order valence-corrected chi connectivity index (χ2v) is 9.85. The van der Waals surface area contributed by atoms with E-state index in [2.05, 4.69) is 17.1 Å². The van der Waals surface area contributed by atoms with Gasteiger partial charge in [-0.15, -0.1) is 0 Å². The van der Waals surface area contributed by atoms with Crippen LogP contribution in [-0.4, -0.2) is 55.4 Å². The van der Waals surface area contributed by atoms with Gasteiger partial charge in [0.1, 0.15) is 17.6 Å². The fourth-order valence-electron chi connectivity index (χ4n) is 3.69. The minimum atomic E-state index is -3.30. The van der Waals surface area contributed by atoms with E-state index in [0.29, 0.717) is 25.9 Å². The Bertz CT molecular complexity index is 1150. The monoisotopic (exact) mass is 424 g/mol. The van der Waals surface area contributed by atoms with Crippen LogP contribution in [0.1, 0.15) is 12.8 Å². The predicted molar refractivity (Wildman–Crippen MR) is 117 cm³/mol. The number of hydrogen-bond donors (Lipinski definition) is 0. The Hall–Kier alpha value is -2.93. The van der Waals surface area contributed by atoms with Gasteiger partial charge in [-0.25, -0.2) is 8.42 Å². The minimum Gasteiger partial charge on any atom is -0.490 e. The summed E-state index contributed by atoms with van der Waals surface area (Å²) >= 11 is 0. The molecule has 0 aliphatic carbocycles. The van der Waals surface area contributed by atoms with Gasteiger partial charge in [0.15, 0.2) is 9.84 Å². The average molecular weight is 425 g/mol. The Balaban J connectivity index is 1.35. The fourth-order valence-corrected chi connectivity index (χ4v) is 4.32. The molecule has 1 aliphatic rings. The highest BCUT2D eigenvalue weighted by Crippen LogP contribution is 2.26. The van der Waals surface area contributed by atoms with Crippen molar-refractivity contribution in [2.75, 3.05) is 25.1 Å². The van der Waals surface area contributed by atoms with Gasteiger partial charge in [0, 0.05) is 49.3 Å². The maximum absolute atomic E-state index is 12.0. The molecular formula is C23H24N2O4S. The lowest BCUT2D eigenvalue weighted by Gasteiger charge is -2.32. The van der Waals surface area contributed by atoms with Crippen molar-refractivity contribution in [3.05, 3.63) is 60.8 Å². The number of carbonyl (C=O) groups is 1. The zero-order chi connectivity index (χ0) is 21.1. The van der Waals surface area contributed by atoms with Gasteiger partial charge in [0.2, 0.25) is 5.91 Å². The maximum Gasteiger partial charge on any atom is 0.237 e. The summed E-state index contributed by atoms with van der Waals surface area (Å²) in [5, 5.41) is 1.10. The molecule has 3 aromatic rings. The van der Waals surface area contributed by atoms with Gasteiger partial charge in [0.05, 0.1) is 5.52 Å². The molecule has 0 atom stereocenters. The van der Waals surface area contributed by atoms with Gasteiger partial charge in [-0.3, -0.25) is 9.78 Å². The summed E-state index contributed by atoms with van der Waals surface area (Å²) in [6.07, 6.45) is 4.35. The van der Waals surface area contributed by atoms with Crippen molar-refractivity contribution in [1.29, 1.82) is 0 Å². The highest BCUT2D eigenvalue weighted by Gasteiger charge is 2.25. The first-order valence-corrected chi connectivity index (χ1v) is 12.0. The number of aromatic nitrogens is 1. The lowest BCUT2D eigenvalue weighted by Crippen LogP contribution is -2.43. The van der Waals surface area contributed by atoms with Crippen LogP contribution in [0.25, 0.3) is 22.0 Å². The van der Waals surface area contributed by atoms with E-state index in [-0.39, 0.29) is 12.0 Å². The standard InChI is InChI=1S/C23H24N2O4S/c1-30(27,28)16-23(26)25-12-10-21(11-13-25)29-20-8-6-17(7-9-20)19-14-18-4-2-3-5-22(18)24-15-19/h2-9,14-15,21H,10-13,16H2,1H3. The molecule has 1 saturated heterocycles. The van der Waals surface area contributed by atoms with Gasteiger partial charge < -0.3 is 9.64 Å². The number of nitrogens with zero attached hydrogens (tertiary/aromatic N) is 2. The van der Waals surface area contributed by atoms with E-state index in [1.807, 2.05) is 48.7 Å². The van der Waals surface area contributed by atoms with Gasteiger partial charge in [-0.05, 0) is 29.8 Å². The fraction of sp³-hybridized carbons (Fsp3) is 0.304. The average Bonchev–Trinajstić information content (AvgIpc) is 2.73. The highest BCUT2D eigenvalue weighted by molar-refractivity contribution is 7.91. The largest absolute Gasteiger partial charge is 0.490 e. The van der Waals surface area contributed by atoms with Crippen molar-refractivity contribution >= 4 is 26.6 Å². The number of sulfone groups is 1. The summed E-state index contributed by atoms with van der Waals surface area (Å²) in [7, 11) is -3.30. The Labute approximate surface area is 176 Å². The molecule has 7 heteroatoms. The summed E-state index contributed by atoms with van der Waals surface area (Å²) in [6.45, 7) is 1.03. The Morgan fingerprint density at radius 3 is 2.47 bits per heavy atom. The second-order valence-electron chi connectivity index (χ2n) is 7.71. The number of benzene rings is 2. The summed E-state index contributed by atoms with van der Waals surface area (Å²) in [4.78, 5) is 18.2. The van der Waals surface area contributed by atoms with Crippen LogP contribution in [0.3, 0.4) is 0 Å². The van der Waals surface area contributed by atoms with E-state index in [4.69, 9.17) is 4.74 Å². The molecule has 1 fully saturated rings. The minimum absolute atomic E-state index is 0.0143. The molecule has 1 aliphatic heterocycles. The van der Waals surface area contributed by atoms with E-state index in [1.54, 1.807) is 4.90 Å². The molecule has 1 amide bonds. The number of amides is 1. The van der Waals surface area contributed by atoms with Crippen molar-refractivity contribution < 1.29 is 17.9 Å². The second kappa shape index (κ2) is 8.44. The number of carbonyl (C=O) groups excluding carboxylic acids is 1. The smallest absolute Gasteiger partial charge is 0.237 e. The van der Waals surface area contributed by atoms with Gasteiger partial charge in [-0.1, -0.05) is 30.3 Å². The van der Waals surface area contributed by atoms with Crippen molar-refractivity contribution in [2.45, 2.75) is 18.9 Å². The third-order valence-electron chi connectivity index (χ3n) is 5.26. The zero-order valence-electron chi connectivity index (χ0n) is 16.8. The third-order valence-corrected chi connectivity index (χ3v) is 6.03. The molecule has 2 aromatic carbocycles. The molecule has 1 aromatic heterocycles. The number of hydrogen-bond acceptors (Lipinski definition) is 5. The molecule has 156 valence electrons. The number of rotatable bonds is 5. The summed E-state index contributed by atoms with van der Waals surface area (Å²) in [5.74, 6) is 0.0292. The topological polar surface area (TPSA) is 76.6 Å². The van der Waals surface area contributed by atoms with E-state index in [0.717, 1.165) is 34.0 Å². The van der Waals surface area contributed by atoms with Gasteiger partial charge in [-0.2, -0.15) is 0 Å². The van der Waals surface area contributed by atoms with Crippen molar-refractivity contribution in [2.24, 2.45) is 0 Å². The van der Waals surface area contributed by atoms with Crippen LogP contribution in [0.4, 0.5) is 0 Å². The van der Waals surface area contributed by atoms with Crippen LogP contribution in [-0.2, 0) is 14.6 Å². The van der Waals surface area contributed by atoms with E-state index in [1.165, 1.54) is 0 Å². The number of pyridine rings is 1.